The molecule has 1 nitrogen and oxygen atoms in total. The molecular weight excluding hydrogens is 579 g/mol. The van der Waals surface area contributed by atoms with Crippen LogP contribution >= 0.6 is 0 Å². The quantitative estimate of drug-likeness (QED) is 0.176. The van der Waals surface area contributed by atoms with Crippen molar-refractivity contribution in [2.45, 2.75) is 5.41 Å². The van der Waals surface area contributed by atoms with Crippen molar-refractivity contribution in [1.82, 2.24) is 0 Å². The number of nitrogens with zero attached hydrogens (tertiary/aromatic N) is 1. The molecule has 0 amide bonds. The fourth-order valence-corrected chi connectivity index (χ4v) is 8.50. The Morgan fingerprint density at radius 2 is 0.792 bits per heavy atom. The zero-order valence-electron chi connectivity index (χ0n) is 26.3. The van der Waals surface area contributed by atoms with Gasteiger partial charge in [0.1, 0.15) is 0 Å². The summed E-state index contributed by atoms with van der Waals surface area (Å²) >= 11 is 0. The van der Waals surface area contributed by atoms with Crippen LogP contribution in [0.4, 0.5) is 17.1 Å². The number of anilines is 3. The van der Waals surface area contributed by atoms with Crippen LogP contribution in [0, 0.1) is 0 Å². The molecule has 0 N–H and O–H groups in total. The summed E-state index contributed by atoms with van der Waals surface area (Å²) in [5, 5.41) is 10.2. The van der Waals surface area contributed by atoms with E-state index in [0.29, 0.717) is 0 Å². The lowest BCUT2D eigenvalue weighted by atomic mass is 9.67. The first-order valence-electron chi connectivity index (χ1n) is 16.7. The summed E-state index contributed by atoms with van der Waals surface area (Å²) < 4.78 is 0. The van der Waals surface area contributed by atoms with Gasteiger partial charge in [0.05, 0.1) is 16.8 Å². The molecule has 0 saturated carbocycles. The third-order valence-corrected chi connectivity index (χ3v) is 10.5. The van der Waals surface area contributed by atoms with Gasteiger partial charge in [-0.2, -0.15) is 0 Å². The molecule has 10 rings (SSSR count). The third kappa shape index (κ3) is 3.73. The first-order valence-corrected chi connectivity index (χ1v) is 16.7. The minimum atomic E-state index is -0.483. The van der Waals surface area contributed by atoms with E-state index in [1.165, 1.54) is 65.3 Å². The lowest BCUT2D eigenvalue weighted by molar-refractivity contribution is 0.771. The fourth-order valence-electron chi connectivity index (χ4n) is 8.50. The maximum Gasteiger partial charge on any atom is 0.0714 e. The van der Waals surface area contributed by atoms with Crippen molar-refractivity contribution in [2.75, 3.05) is 4.90 Å². The summed E-state index contributed by atoms with van der Waals surface area (Å²) in [5.74, 6) is 0. The van der Waals surface area contributed by atoms with Crippen LogP contribution in [0.2, 0.25) is 0 Å². The number of benzene rings is 9. The Bertz CT molecular complexity index is 2530. The van der Waals surface area contributed by atoms with Crippen LogP contribution in [-0.2, 0) is 5.41 Å². The van der Waals surface area contributed by atoms with Gasteiger partial charge in [0.25, 0.3) is 0 Å². The Balaban J connectivity index is 1.31. The maximum absolute atomic E-state index is 2.47. The van der Waals surface area contributed by atoms with E-state index in [1.807, 2.05) is 0 Å². The van der Waals surface area contributed by atoms with Gasteiger partial charge in [-0.05, 0) is 78.8 Å². The van der Waals surface area contributed by atoms with E-state index < -0.39 is 5.41 Å². The van der Waals surface area contributed by atoms with Gasteiger partial charge in [0.2, 0.25) is 0 Å². The van der Waals surface area contributed by atoms with E-state index in [2.05, 4.69) is 193 Å². The normalized spacial score (nSPS) is 13.2. The number of fused-ring (bicyclic) bond motifs is 2. The summed E-state index contributed by atoms with van der Waals surface area (Å²) in [5.41, 5.74) is 8.19. The summed E-state index contributed by atoms with van der Waals surface area (Å²) in [7, 11) is 0. The largest absolute Gasteiger partial charge is 0.309 e. The standard InChI is InChI=1S/C47H31N/c1-2-19-36(20-3-1)47(41-25-8-17-34-29-30-35-18-9-26-42(47)46(35)45(34)41)37-21-12-22-38(31-37)48(43-27-10-15-32-13-4-6-23-39(32)43)44-28-11-16-33-14-5-7-24-40(33)44/h1-31H. The summed E-state index contributed by atoms with van der Waals surface area (Å²) in [6, 6.07) is 69.4. The van der Waals surface area contributed by atoms with E-state index in [0.717, 1.165) is 17.1 Å². The zero-order valence-corrected chi connectivity index (χ0v) is 26.3. The Labute approximate surface area is 280 Å². The summed E-state index contributed by atoms with van der Waals surface area (Å²) in [4.78, 5) is 2.47. The topological polar surface area (TPSA) is 3.24 Å². The second-order valence-electron chi connectivity index (χ2n) is 12.9. The molecule has 0 saturated heterocycles. The first kappa shape index (κ1) is 27.0. The molecule has 0 radical (unpaired) electrons. The van der Waals surface area contributed by atoms with Crippen LogP contribution in [-0.4, -0.2) is 0 Å². The Hall–Kier alpha value is -6.18. The van der Waals surface area contributed by atoms with E-state index >= 15 is 0 Å². The van der Waals surface area contributed by atoms with E-state index in [-0.39, 0.29) is 0 Å². The van der Waals surface area contributed by atoms with Gasteiger partial charge in [-0.3, -0.25) is 0 Å². The Morgan fingerprint density at radius 3 is 1.40 bits per heavy atom. The molecule has 1 aliphatic rings. The van der Waals surface area contributed by atoms with Gasteiger partial charge >= 0.3 is 0 Å². The van der Waals surface area contributed by atoms with Gasteiger partial charge in [-0.25, -0.2) is 0 Å². The summed E-state index contributed by atoms with van der Waals surface area (Å²) in [6.07, 6.45) is 0. The highest BCUT2D eigenvalue weighted by Crippen LogP contribution is 2.56. The van der Waals surface area contributed by atoms with Crippen molar-refractivity contribution in [3.63, 3.8) is 0 Å². The van der Waals surface area contributed by atoms with Crippen LogP contribution in [0.1, 0.15) is 22.3 Å². The molecular formula is C47H31N. The first-order chi connectivity index (χ1) is 23.8. The molecule has 0 heterocycles. The zero-order chi connectivity index (χ0) is 31.7. The van der Waals surface area contributed by atoms with Crippen molar-refractivity contribution in [2.24, 2.45) is 0 Å². The highest BCUT2D eigenvalue weighted by atomic mass is 15.1. The molecule has 48 heavy (non-hydrogen) atoms. The van der Waals surface area contributed by atoms with Gasteiger partial charge < -0.3 is 4.90 Å². The van der Waals surface area contributed by atoms with Crippen molar-refractivity contribution in [3.8, 4) is 0 Å². The van der Waals surface area contributed by atoms with Crippen molar-refractivity contribution in [3.05, 3.63) is 210 Å². The van der Waals surface area contributed by atoms with Crippen LogP contribution in [0.5, 0.6) is 0 Å². The number of hydrogen-bond donors (Lipinski definition) is 0. The lowest BCUT2D eigenvalue weighted by Crippen LogP contribution is -2.29. The molecule has 0 spiro atoms. The number of hydrogen-bond acceptors (Lipinski definition) is 1. The van der Waals surface area contributed by atoms with E-state index in [1.54, 1.807) is 0 Å². The predicted molar refractivity (Wildman–Crippen MR) is 203 cm³/mol. The van der Waals surface area contributed by atoms with Gasteiger partial charge in [0.15, 0.2) is 0 Å². The predicted octanol–water partition coefficient (Wildman–Crippen LogP) is 12.5. The lowest BCUT2D eigenvalue weighted by Gasteiger charge is -2.35. The molecule has 9 aromatic rings. The molecule has 9 aromatic carbocycles. The van der Waals surface area contributed by atoms with Crippen LogP contribution in [0.3, 0.4) is 0 Å². The van der Waals surface area contributed by atoms with Crippen LogP contribution in [0.25, 0.3) is 43.1 Å². The minimum Gasteiger partial charge on any atom is -0.309 e. The molecule has 0 atom stereocenters. The smallest absolute Gasteiger partial charge is 0.0714 e. The average molecular weight is 610 g/mol. The minimum absolute atomic E-state index is 0.483. The molecule has 0 aliphatic heterocycles. The number of rotatable bonds is 5. The van der Waals surface area contributed by atoms with Crippen LogP contribution in [0.15, 0.2) is 188 Å². The van der Waals surface area contributed by atoms with E-state index in [9.17, 15) is 0 Å². The van der Waals surface area contributed by atoms with Crippen molar-refractivity contribution >= 4 is 60.2 Å². The molecule has 224 valence electrons. The van der Waals surface area contributed by atoms with Crippen LogP contribution < -0.4 is 4.90 Å². The molecule has 0 fully saturated rings. The van der Waals surface area contributed by atoms with Gasteiger partial charge in [0, 0.05) is 16.5 Å². The highest BCUT2D eigenvalue weighted by molar-refractivity contribution is 6.16. The molecule has 1 aliphatic carbocycles. The molecule has 1 heteroatoms. The average Bonchev–Trinajstić information content (AvgIpc) is 3.47. The highest BCUT2D eigenvalue weighted by Gasteiger charge is 2.45. The Kier molecular flexibility index (Phi) is 5.86. The molecule has 0 unspecified atom stereocenters. The second-order valence-corrected chi connectivity index (χ2v) is 12.9. The fraction of sp³-hybridized carbons (Fsp3) is 0.0213. The summed E-state index contributed by atoms with van der Waals surface area (Å²) in [6.45, 7) is 0. The second kappa shape index (κ2) is 10.4. The molecule has 0 bridgehead atoms. The SMILES string of the molecule is c1ccc(C2(c3cccc(N(c4cccc5ccccc45)c4cccc5ccccc45)c3)c3cccc4ccc5cccc2c5c34)cc1. The van der Waals surface area contributed by atoms with Gasteiger partial charge in [-0.1, -0.05) is 164 Å². The van der Waals surface area contributed by atoms with Gasteiger partial charge in [-0.15, -0.1) is 0 Å². The third-order valence-electron chi connectivity index (χ3n) is 10.5. The van der Waals surface area contributed by atoms with E-state index in [4.69, 9.17) is 0 Å². The maximum atomic E-state index is 2.47. The van der Waals surface area contributed by atoms with Crippen molar-refractivity contribution in [1.29, 1.82) is 0 Å². The van der Waals surface area contributed by atoms with Crippen molar-refractivity contribution < 1.29 is 0 Å². The monoisotopic (exact) mass is 609 g/mol. The molecule has 0 aromatic heterocycles. The Morgan fingerprint density at radius 1 is 0.333 bits per heavy atom.